The first-order valence-electron chi connectivity index (χ1n) is 7.38. The molecular formula is C14H18N4O3S2. The van der Waals surface area contributed by atoms with Gasteiger partial charge in [-0.1, -0.05) is 6.92 Å². The van der Waals surface area contributed by atoms with E-state index in [1.165, 1.54) is 16.4 Å². The Bertz CT molecular complexity index is 818. The zero-order valence-electron chi connectivity index (χ0n) is 12.7. The molecule has 1 aliphatic rings. The second-order valence-corrected chi connectivity index (χ2v) is 8.29. The molecule has 2 N–H and O–H groups in total. The molecule has 0 radical (unpaired) electrons. The van der Waals surface area contributed by atoms with Crippen LogP contribution in [0.2, 0.25) is 0 Å². The molecule has 1 aliphatic heterocycles. The van der Waals surface area contributed by atoms with Crippen LogP contribution in [0.25, 0.3) is 10.1 Å². The SMILES string of the molecule is CCNS(=O)(=O)C1CCN(C(=O)Nc2ccc3sncc3c2)C1. The maximum atomic E-state index is 12.3. The summed E-state index contributed by atoms with van der Waals surface area (Å²) in [5, 5.41) is 3.25. The Morgan fingerprint density at radius 2 is 2.30 bits per heavy atom. The minimum atomic E-state index is -3.35. The van der Waals surface area contributed by atoms with Crippen molar-refractivity contribution in [2.45, 2.75) is 18.6 Å². The van der Waals surface area contributed by atoms with Crippen molar-refractivity contribution in [3.8, 4) is 0 Å². The number of hydrogen-bond donors (Lipinski definition) is 2. The van der Waals surface area contributed by atoms with Crippen molar-refractivity contribution in [2.75, 3.05) is 25.0 Å². The van der Waals surface area contributed by atoms with Gasteiger partial charge in [-0.05, 0) is 36.2 Å². The molecule has 0 aliphatic carbocycles. The third-order valence-corrected chi connectivity index (χ3v) is 6.55. The monoisotopic (exact) mass is 354 g/mol. The quantitative estimate of drug-likeness (QED) is 0.876. The van der Waals surface area contributed by atoms with Crippen LogP contribution in [0.3, 0.4) is 0 Å². The maximum absolute atomic E-state index is 12.3. The highest BCUT2D eigenvalue weighted by molar-refractivity contribution is 7.90. The summed E-state index contributed by atoms with van der Waals surface area (Å²) in [6.07, 6.45) is 2.21. The van der Waals surface area contributed by atoms with Crippen molar-refractivity contribution in [2.24, 2.45) is 0 Å². The van der Waals surface area contributed by atoms with E-state index in [1.54, 1.807) is 13.1 Å². The van der Waals surface area contributed by atoms with Gasteiger partial charge in [0.2, 0.25) is 10.0 Å². The van der Waals surface area contributed by atoms with Crippen molar-refractivity contribution < 1.29 is 13.2 Å². The van der Waals surface area contributed by atoms with E-state index in [1.807, 2.05) is 18.2 Å². The molecule has 1 unspecified atom stereocenters. The molecule has 0 bridgehead atoms. The molecule has 124 valence electrons. The van der Waals surface area contributed by atoms with E-state index in [9.17, 15) is 13.2 Å². The number of likely N-dealkylation sites (tertiary alicyclic amines) is 1. The van der Waals surface area contributed by atoms with Crippen molar-refractivity contribution in [3.05, 3.63) is 24.4 Å². The number of benzene rings is 1. The van der Waals surface area contributed by atoms with E-state index in [0.717, 1.165) is 10.1 Å². The molecule has 2 amide bonds. The lowest BCUT2D eigenvalue weighted by Gasteiger charge is -2.17. The van der Waals surface area contributed by atoms with Crippen LogP contribution in [0, 0.1) is 0 Å². The molecular weight excluding hydrogens is 336 g/mol. The zero-order valence-corrected chi connectivity index (χ0v) is 14.3. The first-order chi connectivity index (χ1) is 11.0. The molecule has 0 spiro atoms. The number of carbonyl (C=O) groups is 1. The predicted molar refractivity (Wildman–Crippen MR) is 91.2 cm³/mol. The fraction of sp³-hybridized carbons (Fsp3) is 0.429. The molecule has 23 heavy (non-hydrogen) atoms. The van der Waals surface area contributed by atoms with Crippen molar-refractivity contribution in [1.82, 2.24) is 14.0 Å². The number of rotatable bonds is 4. The summed E-state index contributed by atoms with van der Waals surface area (Å²) in [5.74, 6) is 0. The largest absolute Gasteiger partial charge is 0.323 e. The molecule has 1 aromatic heterocycles. The number of urea groups is 1. The van der Waals surface area contributed by atoms with Gasteiger partial charge in [0.05, 0.1) is 9.95 Å². The average molecular weight is 354 g/mol. The maximum Gasteiger partial charge on any atom is 0.321 e. The Balaban J connectivity index is 1.65. The van der Waals surface area contributed by atoms with Gasteiger partial charge >= 0.3 is 6.03 Å². The summed E-state index contributed by atoms with van der Waals surface area (Å²) in [6.45, 7) is 2.75. The fourth-order valence-electron chi connectivity index (χ4n) is 2.64. The Morgan fingerprint density at radius 1 is 1.48 bits per heavy atom. The van der Waals surface area contributed by atoms with E-state index >= 15 is 0 Å². The van der Waals surface area contributed by atoms with Crippen LogP contribution in [-0.2, 0) is 10.0 Å². The minimum Gasteiger partial charge on any atom is -0.323 e. The van der Waals surface area contributed by atoms with Crippen LogP contribution in [-0.4, -0.2) is 48.6 Å². The minimum absolute atomic E-state index is 0.212. The first-order valence-corrected chi connectivity index (χ1v) is 9.70. The highest BCUT2D eigenvalue weighted by atomic mass is 32.2. The fourth-order valence-corrected chi connectivity index (χ4v) is 4.69. The van der Waals surface area contributed by atoms with Crippen LogP contribution < -0.4 is 10.0 Å². The average Bonchev–Trinajstić information content (AvgIpc) is 3.16. The molecule has 9 heteroatoms. The molecule has 7 nitrogen and oxygen atoms in total. The second kappa shape index (κ2) is 6.42. The van der Waals surface area contributed by atoms with E-state index in [2.05, 4.69) is 14.4 Å². The van der Waals surface area contributed by atoms with E-state index in [-0.39, 0.29) is 12.6 Å². The van der Waals surface area contributed by atoms with Gasteiger partial charge in [-0.2, -0.15) is 4.37 Å². The van der Waals surface area contributed by atoms with Crippen LogP contribution in [0.5, 0.6) is 0 Å². The van der Waals surface area contributed by atoms with Crippen LogP contribution in [0.1, 0.15) is 13.3 Å². The van der Waals surface area contributed by atoms with Gasteiger partial charge in [-0.25, -0.2) is 17.9 Å². The summed E-state index contributed by atoms with van der Waals surface area (Å²) >= 11 is 1.40. The zero-order chi connectivity index (χ0) is 16.4. The lowest BCUT2D eigenvalue weighted by atomic mass is 10.2. The van der Waals surface area contributed by atoms with E-state index in [0.29, 0.717) is 25.2 Å². The number of aromatic nitrogens is 1. The Hall–Kier alpha value is -1.71. The molecule has 1 aromatic carbocycles. The first kappa shape index (κ1) is 16.2. The number of fused-ring (bicyclic) bond motifs is 1. The number of nitrogens with one attached hydrogen (secondary N) is 2. The highest BCUT2D eigenvalue weighted by Crippen LogP contribution is 2.23. The smallest absolute Gasteiger partial charge is 0.321 e. The summed E-state index contributed by atoms with van der Waals surface area (Å²) in [4.78, 5) is 13.8. The van der Waals surface area contributed by atoms with Crippen molar-refractivity contribution >= 4 is 43.4 Å². The number of nitrogens with zero attached hydrogens (tertiary/aromatic N) is 2. The molecule has 1 saturated heterocycles. The van der Waals surface area contributed by atoms with Crippen molar-refractivity contribution in [3.63, 3.8) is 0 Å². The summed E-state index contributed by atoms with van der Waals surface area (Å²) in [7, 11) is -3.35. The Kier molecular flexibility index (Phi) is 4.51. The van der Waals surface area contributed by atoms with Gasteiger partial charge in [0.25, 0.3) is 0 Å². The topological polar surface area (TPSA) is 91.4 Å². The van der Waals surface area contributed by atoms with Gasteiger partial charge in [0.15, 0.2) is 0 Å². The lowest BCUT2D eigenvalue weighted by molar-refractivity contribution is 0.222. The van der Waals surface area contributed by atoms with Crippen molar-refractivity contribution in [1.29, 1.82) is 0 Å². The number of amides is 2. The normalized spacial score (nSPS) is 18.5. The van der Waals surface area contributed by atoms with Gasteiger partial charge in [0.1, 0.15) is 0 Å². The Labute approximate surface area is 138 Å². The van der Waals surface area contributed by atoms with Gasteiger partial charge in [-0.3, -0.25) is 0 Å². The number of sulfonamides is 1. The molecule has 1 fully saturated rings. The van der Waals surface area contributed by atoms with E-state index in [4.69, 9.17) is 0 Å². The van der Waals surface area contributed by atoms with Gasteiger partial charge < -0.3 is 10.2 Å². The summed E-state index contributed by atoms with van der Waals surface area (Å²) in [5.41, 5.74) is 0.681. The molecule has 2 heterocycles. The lowest BCUT2D eigenvalue weighted by Crippen LogP contribution is -2.38. The molecule has 0 saturated carbocycles. The van der Waals surface area contributed by atoms with Crippen LogP contribution >= 0.6 is 11.5 Å². The Morgan fingerprint density at radius 3 is 3.09 bits per heavy atom. The standard InChI is InChI=1S/C14H18N4O3S2/c1-2-16-23(20,21)12-5-6-18(9-12)14(19)17-11-3-4-13-10(7-11)8-15-22-13/h3-4,7-8,12,16H,2,5-6,9H2,1H3,(H,17,19). The molecule has 3 rings (SSSR count). The van der Waals surface area contributed by atoms with E-state index < -0.39 is 15.3 Å². The highest BCUT2D eigenvalue weighted by Gasteiger charge is 2.34. The summed E-state index contributed by atoms with van der Waals surface area (Å²) < 4.78 is 31.7. The van der Waals surface area contributed by atoms with Gasteiger partial charge in [-0.15, -0.1) is 0 Å². The molecule has 1 atom stereocenters. The van der Waals surface area contributed by atoms with Gasteiger partial charge in [0, 0.05) is 36.9 Å². The molecule has 2 aromatic rings. The number of carbonyl (C=O) groups excluding carboxylic acids is 1. The number of anilines is 1. The second-order valence-electron chi connectivity index (χ2n) is 5.41. The van der Waals surface area contributed by atoms with Crippen LogP contribution in [0.15, 0.2) is 24.4 Å². The summed E-state index contributed by atoms with van der Waals surface area (Å²) in [6, 6.07) is 5.31. The predicted octanol–water partition coefficient (Wildman–Crippen LogP) is 1.84. The van der Waals surface area contributed by atoms with Crippen LogP contribution in [0.4, 0.5) is 10.5 Å². The number of hydrogen-bond acceptors (Lipinski definition) is 5. The third kappa shape index (κ3) is 3.46. The third-order valence-electron chi connectivity index (χ3n) is 3.82.